The molecule has 0 spiro atoms. The SMILES string of the molecule is CNC(Cl)c1c(C)c(C)cc(C)c1C. The van der Waals surface area contributed by atoms with Crippen LogP contribution in [0.3, 0.4) is 0 Å². The van der Waals surface area contributed by atoms with Crippen molar-refractivity contribution >= 4 is 11.6 Å². The highest BCUT2D eigenvalue weighted by Crippen LogP contribution is 2.29. The Morgan fingerprint density at radius 2 is 1.50 bits per heavy atom. The second-order valence-electron chi connectivity index (χ2n) is 3.83. The van der Waals surface area contributed by atoms with Gasteiger partial charge in [0.2, 0.25) is 0 Å². The van der Waals surface area contributed by atoms with E-state index in [1.54, 1.807) is 0 Å². The molecule has 0 aliphatic heterocycles. The molecule has 0 aromatic heterocycles. The summed E-state index contributed by atoms with van der Waals surface area (Å²) in [5, 5.41) is 3.08. The Bertz CT molecular complexity index is 318. The van der Waals surface area contributed by atoms with Crippen LogP contribution in [0.25, 0.3) is 0 Å². The molecule has 0 heterocycles. The second-order valence-corrected chi connectivity index (χ2v) is 4.26. The topological polar surface area (TPSA) is 12.0 Å². The van der Waals surface area contributed by atoms with Crippen molar-refractivity contribution in [2.75, 3.05) is 7.05 Å². The Labute approximate surface area is 91.5 Å². The number of hydrogen-bond acceptors (Lipinski definition) is 1. The summed E-state index contributed by atoms with van der Waals surface area (Å²) in [6.45, 7) is 8.52. The molecule has 14 heavy (non-hydrogen) atoms. The third-order valence-corrected chi connectivity index (χ3v) is 3.37. The van der Waals surface area contributed by atoms with Gasteiger partial charge in [-0.1, -0.05) is 6.07 Å². The van der Waals surface area contributed by atoms with Crippen LogP contribution in [0.1, 0.15) is 33.3 Å². The Kier molecular flexibility index (Phi) is 3.57. The van der Waals surface area contributed by atoms with Crippen LogP contribution in [0.4, 0.5) is 0 Å². The van der Waals surface area contributed by atoms with E-state index in [-0.39, 0.29) is 5.50 Å². The summed E-state index contributed by atoms with van der Waals surface area (Å²) < 4.78 is 0. The minimum atomic E-state index is -0.0893. The number of nitrogens with one attached hydrogen (secondary N) is 1. The predicted molar refractivity (Wildman–Crippen MR) is 63.0 cm³/mol. The molecule has 2 heteroatoms. The Balaban J connectivity index is 3.39. The van der Waals surface area contributed by atoms with Crippen LogP contribution in [0.5, 0.6) is 0 Å². The maximum absolute atomic E-state index is 6.23. The van der Waals surface area contributed by atoms with E-state index in [9.17, 15) is 0 Å². The van der Waals surface area contributed by atoms with Gasteiger partial charge in [0.15, 0.2) is 0 Å². The standard InChI is InChI=1S/C12H18ClN/c1-7-6-8(2)10(4)11(9(7)3)12(13)14-5/h6,12,14H,1-5H3. The lowest BCUT2D eigenvalue weighted by Crippen LogP contribution is -2.14. The predicted octanol–water partition coefficient (Wildman–Crippen LogP) is 3.38. The van der Waals surface area contributed by atoms with Gasteiger partial charge in [-0.3, -0.25) is 0 Å². The van der Waals surface area contributed by atoms with Gasteiger partial charge in [0.05, 0.1) is 0 Å². The molecule has 0 saturated carbocycles. The monoisotopic (exact) mass is 211 g/mol. The minimum Gasteiger partial charge on any atom is -0.301 e. The molecule has 0 aliphatic rings. The van der Waals surface area contributed by atoms with E-state index in [1.165, 1.54) is 27.8 Å². The maximum atomic E-state index is 6.23. The molecule has 1 N–H and O–H groups in total. The summed E-state index contributed by atoms with van der Waals surface area (Å²) in [6, 6.07) is 2.22. The van der Waals surface area contributed by atoms with Gasteiger partial charge >= 0.3 is 0 Å². The Morgan fingerprint density at radius 3 is 1.86 bits per heavy atom. The fourth-order valence-electron chi connectivity index (χ4n) is 1.77. The van der Waals surface area contributed by atoms with Crippen LogP contribution < -0.4 is 5.32 Å². The average molecular weight is 212 g/mol. The summed E-state index contributed by atoms with van der Waals surface area (Å²) in [5.41, 5.74) is 6.35. The lowest BCUT2D eigenvalue weighted by atomic mass is 9.94. The molecular weight excluding hydrogens is 194 g/mol. The highest BCUT2D eigenvalue weighted by molar-refractivity contribution is 6.20. The molecular formula is C12H18ClN. The van der Waals surface area contributed by atoms with Crippen molar-refractivity contribution in [1.82, 2.24) is 5.32 Å². The van der Waals surface area contributed by atoms with Gasteiger partial charge in [-0.25, -0.2) is 0 Å². The molecule has 0 saturated heterocycles. The summed E-state index contributed by atoms with van der Waals surface area (Å²) >= 11 is 6.23. The van der Waals surface area contributed by atoms with Crippen molar-refractivity contribution in [3.8, 4) is 0 Å². The van der Waals surface area contributed by atoms with Crippen LogP contribution in [0, 0.1) is 27.7 Å². The first kappa shape index (κ1) is 11.5. The van der Waals surface area contributed by atoms with Crippen molar-refractivity contribution in [2.45, 2.75) is 33.2 Å². The fourth-order valence-corrected chi connectivity index (χ4v) is 2.10. The lowest BCUT2D eigenvalue weighted by Gasteiger charge is -2.19. The van der Waals surface area contributed by atoms with E-state index >= 15 is 0 Å². The molecule has 1 rings (SSSR count). The Morgan fingerprint density at radius 1 is 1.07 bits per heavy atom. The first-order chi connectivity index (χ1) is 6.49. The van der Waals surface area contributed by atoms with E-state index in [0.29, 0.717) is 0 Å². The van der Waals surface area contributed by atoms with Crippen molar-refractivity contribution < 1.29 is 0 Å². The second kappa shape index (κ2) is 4.33. The van der Waals surface area contributed by atoms with E-state index in [0.717, 1.165) is 0 Å². The highest BCUT2D eigenvalue weighted by atomic mass is 35.5. The normalized spacial score (nSPS) is 13.0. The molecule has 1 aromatic carbocycles. The van der Waals surface area contributed by atoms with Gasteiger partial charge in [-0.2, -0.15) is 0 Å². The fraction of sp³-hybridized carbons (Fsp3) is 0.500. The first-order valence-electron chi connectivity index (χ1n) is 4.87. The summed E-state index contributed by atoms with van der Waals surface area (Å²) in [6.07, 6.45) is 0. The number of benzene rings is 1. The van der Waals surface area contributed by atoms with Crippen LogP contribution in [0.2, 0.25) is 0 Å². The Hall–Kier alpha value is -0.530. The summed E-state index contributed by atoms with van der Waals surface area (Å²) in [5.74, 6) is 0. The smallest absolute Gasteiger partial charge is 0.108 e. The van der Waals surface area contributed by atoms with Gasteiger partial charge in [-0.05, 0) is 62.6 Å². The first-order valence-corrected chi connectivity index (χ1v) is 5.31. The number of rotatable bonds is 2. The van der Waals surface area contributed by atoms with E-state index < -0.39 is 0 Å². The van der Waals surface area contributed by atoms with Crippen molar-refractivity contribution in [3.05, 3.63) is 33.9 Å². The lowest BCUT2D eigenvalue weighted by molar-refractivity contribution is 0.769. The number of alkyl halides is 1. The molecule has 0 fully saturated rings. The van der Waals surface area contributed by atoms with Gasteiger partial charge < -0.3 is 5.32 Å². The summed E-state index contributed by atoms with van der Waals surface area (Å²) in [4.78, 5) is 0. The molecule has 1 nitrogen and oxygen atoms in total. The highest BCUT2D eigenvalue weighted by Gasteiger charge is 2.14. The van der Waals surface area contributed by atoms with Crippen LogP contribution in [0.15, 0.2) is 6.07 Å². The number of aryl methyl sites for hydroxylation is 2. The molecule has 1 aromatic rings. The quantitative estimate of drug-likeness (QED) is 0.584. The van der Waals surface area contributed by atoms with Gasteiger partial charge in [0.25, 0.3) is 0 Å². The maximum Gasteiger partial charge on any atom is 0.108 e. The van der Waals surface area contributed by atoms with E-state index in [2.05, 4.69) is 39.1 Å². The molecule has 1 unspecified atom stereocenters. The van der Waals surface area contributed by atoms with E-state index in [1.807, 2.05) is 7.05 Å². The third-order valence-electron chi connectivity index (χ3n) is 2.93. The molecule has 1 atom stereocenters. The zero-order chi connectivity index (χ0) is 10.9. The van der Waals surface area contributed by atoms with E-state index in [4.69, 9.17) is 11.6 Å². The van der Waals surface area contributed by atoms with Crippen LogP contribution >= 0.6 is 11.6 Å². The van der Waals surface area contributed by atoms with Crippen LogP contribution in [-0.4, -0.2) is 7.05 Å². The summed E-state index contributed by atoms with van der Waals surface area (Å²) in [7, 11) is 1.88. The largest absolute Gasteiger partial charge is 0.301 e. The molecule has 0 radical (unpaired) electrons. The van der Waals surface area contributed by atoms with Crippen molar-refractivity contribution in [3.63, 3.8) is 0 Å². The van der Waals surface area contributed by atoms with Crippen LogP contribution in [-0.2, 0) is 0 Å². The van der Waals surface area contributed by atoms with Gasteiger partial charge in [0.1, 0.15) is 5.50 Å². The molecule has 0 aliphatic carbocycles. The van der Waals surface area contributed by atoms with Crippen molar-refractivity contribution in [2.24, 2.45) is 0 Å². The molecule has 0 amide bonds. The number of hydrogen-bond donors (Lipinski definition) is 1. The third kappa shape index (κ3) is 1.94. The number of halogens is 1. The zero-order valence-corrected chi connectivity index (χ0v) is 10.3. The van der Waals surface area contributed by atoms with Gasteiger partial charge in [-0.15, -0.1) is 11.6 Å². The van der Waals surface area contributed by atoms with Crippen molar-refractivity contribution in [1.29, 1.82) is 0 Å². The van der Waals surface area contributed by atoms with Gasteiger partial charge in [0, 0.05) is 0 Å². The minimum absolute atomic E-state index is 0.0893. The average Bonchev–Trinajstić information content (AvgIpc) is 2.15. The molecule has 0 bridgehead atoms. The zero-order valence-electron chi connectivity index (χ0n) is 9.53. The molecule has 78 valence electrons.